The van der Waals surface area contributed by atoms with Gasteiger partial charge in [0.2, 0.25) is 5.88 Å². The summed E-state index contributed by atoms with van der Waals surface area (Å²) >= 11 is 0. The molecular formula is C19H19F3N2O4. The van der Waals surface area contributed by atoms with Crippen LogP contribution in [0.25, 0.3) is 0 Å². The summed E-state index contributed by atoms with van der Waals surface area (Å²) in [4.78, 5) is 17.4. The van der Waals surface area contributed by atoms with Crippen LogP contribution in [0.3, 0.4) is 0 Å². The molecule has 0 radical (unpaired) electrons. The SMILES string of the molecule is O=C(Oc1ccc(Oc2ccc(C(F)(F)F)cn2)cc1)N1CCCCC1CO. The number of amides is 1. The highest BCUT2D eigenvalue weighted by Crippen LogP contribution is 2.30. The van der Waals surface area contributed by atoms with E-state index < -0.39 is 17.8 Å². The lowest BCUT2D eigenvalue weighted by atomic mass is 10.0. The fourth-order valence-electron chi connectivity index (χ4n) is 2.89. The molecule has 1 aliphatic rings. The number of hydrogen-bond donors (Lipinski definition) is 1. The number of aliphatic hydroxyl groups excluding tert-OH is 1. The zero-order chi connectivity index (χ0) is 20.1. The standard InChI is InChI=1S/C19H19F3N2O4/c20-19(21,22)13-4-9-17(23-11-13)27-15-5-7-16(8-6-15)28-18(26)24-10-2-1-3-14(24)12-25/h4-9,11,14,25H,1-3,10,12H2. The number of hydrogen-bond acceptors (Lipinski definition) is 5. The topological polar surface area (TPSA) is 71.9 Å². The predicted molar refractivity (Wildman–Crippen MR) is 93.2 cm³/mol. The van der Waals surface area contributed by atoms with E-state index in [0.717, 1.165) is 31.4 Å². The number of aliphatic hydroxyl groups is 1. The summed E-state index contributed by atoms with van der Waals surface area (Å²) in [6.45, 7) is 0.423. The fourth-order valence-corrected chi connectivity index (χ4v) is 2.89. The van der Waals surface area contributed by atoms with E-state index in [1.54, 1.807) is 0 Å². The zero-order valence-electron chi connectivity index (χ0n) is 14.9. The lowest BCUT2D eigenvalue weighted by Gasteiger charge is -2.33. The molecule has 1 aromatic heterocycles. The van der Waals surface area contributed by atoms with Crippen LogP contribution in [0.15, 0.2) is 42.6 Å². The number of rotatable bonds is 4. The number of ether oxygens (including phenoxy) is 2. The van der Waals surface area contributed by atoms with Gasteiger partial charge in [-0.25, -0.2) is 9.78 Å². The van der Waals surface area contributed by atoms with Crippen molar-refractivity contribution in [2.24, 2.45) is 0 Å². The van der Waals surface area contributed by atoms with E-state index in [2.05, 4.69) is 4.98 Å². The molecule has 0 saturated carbocycles. The first-order valence-electron chi connectivity index (χ1n) is 8.77. The molecule has 1 atom stereocenters. The highest BCUT2D eigenvalue weighted by atomic mass is 19.4. The molecule has 150 valence electrons. The molecule has 1 fully saturated rings. The molecule has 2 aromatic rings. The van der Waals surface area contributed by atoms with Crippen molar-refractivity contribution < 1.29 is 32.5 Å². The summed E-state index contributed by atoms with van der Waals surface area (Å²) in [7, 11) is 0. The number of likely N-dealkylation sites (tertiary alicyclic amines) is 1. The Morgan fingerprint density at radius 2 is 1.86 bits per heavy atom. The van der Waals surface area contributed by atoms with Crippen LogP contribution in [-0.4, -0.2) is 40.3 Å². The maximum Gasteiger partial charge on any atom is 0.417 e. The van der Waals surface area contributed by atoms with Gasteiger partial charge in [0.25, 0.3) is 0 Å². The van der Waals surface area contributed by atoms with E-state index in [0.29, 0.717) is 24.2 Å². The minimum Gasteiger partial charge on any atom is -0.439 e. The molecule has 1 N–H and O–H groups in total. The Morgan fingerprint density at radius 3 is 2.46 bits per heavy atom. The summed E-state index contributed by atoms with van der Waals surface area (Å²) in [5, 5.41) is 9.38. The highest BCUT2D eigenvalue weighted by molar-refractivity contribution is 5.71. The summed E-state index contributed by atoms with van der Waals surface area (Å²) in [5.41, 5.74) is -0.860. The Hall–Kier alpha value is -2.81. The first-order chi connectivity index (χ1) is 13.4. The van der Waals surface area contributed by atoms with E-state index in [1.165, 1.54) is 29.2 Å². The number of carbonyl (C=O) groups excluding carboxylic acids is 1. The quantitative estimate of drug-likeness (QED) is 0.837. The number of piperidine rings is 1. The Labute approximate surface area is 159 Å². The molecule has 1 amide bonds. The van der Waals surface area contributed by atoms with Gasteiger partial charge < -0.3 is 19.5 Å². The summed E-state index contributed by atoms with van der Waals surface area (Å²) in [5.74, 6) is 0.634. The fraction of sp³-hybridized carbons (Fsp3) is 0.368. The van der Waals surface area contributed by atoms with Crippen molar-refractivity contribution in [3.05, 3.63) is 48.2 Å². The first-order valence-corrected chi connectivity index (χ1v) is 8.77. The molecule has 9 heteroatoms. The van der Waals surface area contributed by atoms with Crippen LogP contribution in [0.1, 0.15) is 24.8 Å². The predicted octanol–water partition coefficient (Wildman–Crippen LogP) is 4.24. The van der Waals surface area contributed by atoms with Gasteiger partial charge in [0.05, 0.1) is 18.2 Å². The van der Waals surface area contributed by atoms with Crippen molar-refractivity contribution in [2.75, 3.05) is 13.2 Å². The minimum atomic E-state index is -4.46. The van der Waals surface area contributed by atoms with Crippen molar-refractivity contribution in [1.82, 2.24) is 9.88 Å². The normalized spacial score (nSPS) is 17.3. The maximum atomic E-state index is 12.5. The number of pyridine rings is 1. The maximum absolute atomic E-state index is 12.5. The molecular weight excluding hydrogens is 377 g/mol. The molecule has 1 aliphatic heterocycles. The van der Waals surface area contributed by atoms with E-state index in [-0.39, 0.29) is 18.5 Å². The smallest absolute Gasteiger partial charge is 0.417 e. The minimum absolute atomic E-state index is 0.0110. The highest BCUT2D eigenvalue weighted by Gasteiger charge is 2.31. The van der Waals surface area contributed by atoms with Crippen molar-refractivity contribution in [3.8, 4) is 17.4 Å². The van der Waals surface area contributed by atoms with E-state index in [1.807, 2.05) is 0 Å². The van der Waals surface area contributed by atoms with Gasteiger partial charge >= 0.3 is 12.3 Å². The van der Waals surface area contributed by atoms with Crippen molar-refractivity contribution in [3.63, 3.8) is 0 Å². The summed E-state index contributed by atoms with van der Waals surface area (Å²) in [6.07, 6.45) is -1.74. The monoisotopic (exact) mass is 396 g/mol. The lowest BCUT2D eigenvalue weighted by Crippen LogP contribution is -2.46. The van der Waals surface area contributed by atoms with Crippen LogP contribution < -0.4 is 9.47 Å². The van der Waals surface area contributed by atoms with Gasteiger partial charge in [-0.05, 0) is 49.6 Å². The number of benzene rings is 1. The Morgan fingerprint density at radius 1 is 1.14 bits per heavy atom. The summed E-state index contributed by atoms with van der Waals surface area (Å²) in [6, 6.07) is 7.82. The van der Waals surface area contributed by atoms with Crippen molar-refractivity contribution >= 4 is 6.09 Å². The van der Waals surface area contributed by atoms with Crippen molar-refractivity contribution in [1.29, 1.82) is 0 Å². The van der Waals surface area contributed by atoms with Crippen LogP contribution in [0, 0.1) is 0 Å². The average molecular weight is 396 g/mol. The lowest BCUT2D eigenvalue weighted by molar-refractivity contribution is -0.137. The van der Waals surface area contributed by atoms with E-state index >= 15 is 0 Å². The van der Waals surface area contributed by atoms with E-state index in [9.17, 15) is 23.1 Å². The Bertz CT molecular complexity index is 794. The van der Waals surface area contributed by atoms with Gasteiger partial charge in [-0.3, -0.25) is 0 Å². The van der Waals surface area contributed by atoms with Gasteiger partial charge in [-0.1, -0.05) is 0 Å². The van der Waals surface area contributed by atoms with Gasteiger partial charge in [-0.2, -0.15) is 13.2 Å². The van der Waals surface area contributed by atoms with Crippen LogP contribution >= 0.6 is 0 Å². The second-order valence-electron chi connectivity index (χ2n) is 6.35. The molecule has 0 spiro atoms. The van der Waals surface area contributed by atoms with Crippen LogP contribution in [-0.2, 0) is 6.18 Å². The third kappa shape index (κ3) is 4.92. The van der Waals surface area contributed by atoms with Gasteiger partial charge in [0, 0.05) is 18.8 Å². The molecule has 3 rings (SSSR count). The molecule has 1 saturated heterocycles. The Kier molecular flexibility index (Phi) is 6.03. The van der Waals surface area contributed by atoms with Crippen LogP contribution in [0.4, 0.5) is 18.0 Å². The van der Waals surface area contributed by atoms with Gasteiger partial charge in [0.1, 0.15) is 11.5 Å². The number of carbonyl (C=O) groups is 1. The first kappa shape index (κ1) is 19.9. The van der Waals surface area contributed by atoms with Crippen LogP contribution in [0.2, 0.25) is 0 Å². The Balaban J connectivity index is 1.59. The van der Waals surface area contributed by atoms with Crippen LogP contribution in [0.5, 0.6) is 17.4 Å². The number of alkyl halides is 3. The number of aromatic nitrogens is 1. The van der Waals surface area contributed by atoms with Gasteiger partial charge in [-0.15, -0.1) is 0 Å². The molecule has 6 nitrogen and oxygen atoms in total. The second-order valence-corrected chi connectivity index (χ2v) is 6.35. The third-order valence-corrected chi connectivity index (χ3v) is 4.39. The third-order valence-electron chi connectivity index (χ3n) is 4.39. The molecule has 2 heterocycles. The van der Waals surface area contributed by atoms with Crippen molar-refractivity contribution in [2.45, 2.75) is 31.5 Å². The largest absolute Gasteiger partial charge is 0.439 e. The molecule has 1 unspecified atom stereocenters. The zero-order valence-corrected chi connectivity index (χ0v) is 14.9. The molecule has 0 bridgehead atoms. The van der Waals surface area contributed by atoms with Gasteiger partial charge in [0.15, 0.2) is 0 Å². The summed E-state index contributed by atoms with van der Waals surface area (Å²) < 4.78 is 48.3. The number of nitrogens with zero attached hydrogens (tertiary/aromatic N) is 2. The average Bonchev–Trinajstić information content (AvgIpc) is 2.69. The molecule has 1 aromatic carbocycles. The number of halogens is 3. The molecule has 0 aliphatic carbocycles. The van der Waals surface area contributed by atoms with E-state index in [4.69, 9.17) is 9.47 Å². The molecule has 28 heavy (non-hydrogen) atoms. The second kappa shape index (κ2) is 8.47.